The van der Waals surface area contributed by atoms with Crippen LogP contribution in [0.3, 0.4) is 0 Å². The van der Waals surface area contributed by atoms with Crippen molar-refractivity contribution < 1.29 is 13.2 Å². The molecule has 5 rings (SSSR count). The summed E-state index contributed by atoms with van der Waals surface area (Å²) in [7, 11) is -1.89. The topological polar surface area (TPSA) is 104 Å². The Morgan fingerprint density at radius 1 is 1.16 bits per heavy atom. The first-order valence-corrected chi connectivity index (χ1v) is 13.6. The average molecular weight is 515 g/mol. The van der Waals surface area contributed by atoms with Gasteiger partial charge in [-0.1, -0.05) is 37.8 Å². The van der Waals surface area contributed by atoms with Crippen molar-refractivity contribution in [1.29, 1.82) is 0 Å². The molecule has 3 heterocycles. The largest absolute Gasteiger partial charge is 0.492 e. The summed E-state index contributed by atoms with van der Waals surface area (Å²) in [6.07, 6.45) is 3.39. The number of rotatable bonds is 8. The number of fused-ring (bicyclic) bond motifs is 1. The van der Waals surface area contributed by atoms with Crippen LogP contribution >= 0.6 is 0 Å². The van der Waals surface area contributed by atoms with Gasteiger partial charge in [0.25, 0.3) is 5.54 Å². The van der Waals surface area contributed by atoms with E-state index in [1.54, 1.807) is 36.9 Å². The quantitative estimate of drug-likeness (QED) is 0.246. The number of pyridine rings is 1. The molecule has 0 radical (unpaired) electrons. The minimum absolute atomic E-state index is 0.0837. The third-order valence-electron chi connectivity index (χ3n) is 6.69. The Kier molecular flexibility index (Phi) is 6.04. The zero-order valence-electron chi connectivity index (χ0n) is 20.9. The Bertz CT molecular complexity index is 1680. The summed E-state index contributed by atoms with van der Waals surface area (Å²) in [4.78, 5) is 13.1. The number of ether oxygens (including phenoxy) is 1. The molecule has 0 saturated heterocycles. The van der Waals surface area contributed by atoms with Crippen molar-refractivity contribution in [2.45, 2.75) is 37.1 Å². The van der Waals surface area contributed by atoms with Gasteiger partial charge in [-0.25, -0.2) is 20.0 Å². The van der Waals surface area contributed by atoms with Crippen LogP contribution in [0.15, 0.2) is 54.1 Å². The monoisotopic (exact) mass is 514 g/mol. The Morgan fingerprint density at radius 2 is 1.89 bits per heavy atom. The fourth-order valence-electron chi connectivity index (χ4n) is 4.30. The molecule has 0 bridgehead atoms. The Labute approximate surface area is 215 Å². The molecule has 1 aliphatic carbocycles. The molecule has 0 atom stereocenters. The molecule has 0 aliphatic heterocycles. The van der Waals surface area contributed by atoms with Gasteiger partial charge < -0.3 is 14.1 Å². The van der Waals surface area contributed by atoms with Crippen molar-refractivity contribution in [3.05, 3.63) is 71.8 Å². The second-order valence-corrected chi connectivity index (χ2v) is 11.2. The minimum atomic E-state index is -3.64. The molecule has 1 aliphatic rings. The fraction of sp³-hybridized carbons (Fsp3) is 0.296. The van der Waals surface area contributed by atoms with Gasteiger partial charge in [-0.3, -0.25) is 4.98 Å². The lowest BCUT2D eigenvalue weighted by atomic mass is 10.0. The van der Waals surface area contributed by atoms with E-state index < -0.39 is 15.4 Å². The van der Waals surface area contributed by atoms with Crippen molar-refractivity contribution in [1.82, 2.24) is 24.7 Å². The molecule has 9 nitrogen and oxygen atoms in total. The van der Waals surface area contributed by atoms with Gasteiger partial charge in [0.2, 0.25) is 0 Å². The van der Waals surface area contributed by atoms with E-state index in [0.717, 1.165) is 24.0 Å². The van der Waals surface area contributed by atoms with Crippen molar-refractivity contribution in [3.8, 4) is 22.6 Å². The SMILES string of the molecule is [C-]#[N+]C1(c2ccc(-c3cnc(-c4nc5cc(C(=C)OCC)nnc5n4C)c(S(=O)(=O)CC)c3)cc2)CC1. The van der Waals surface area contributed by atoms with Crippen LogP contribution in [0.4, 0.5) is 0 Å². The van der Waals surface area contributed by atoms with Crippen LogP contribution in [0.25, 0.3) is 44.4 Å². The van der Waals surface area contributed by atoms with E-state index in [1.165, 1.54) is 0 Å². The summed E-state index contributed by atoms with van der Waals surface area (Å²) in [5.74, 6) is 0.667. The van der Waals surface area contributed by atoms with Gasteiger partial charge in [-0.05, 0) is 24.6 Å². The van der Waals surface area contributed by atoms with E-state index in [9.17, 15) is 8.42 Å². The number of hydrogen-bond acceptors (Lipinski definition) is 7. The number of aromatic nitrogens is 5. The zero-order valence-corrected chi connectivity index (χ0v) is 21.7. The van der Waals surface area contributed by atoms with Crippen molar-refractivity contribution in [3.63, 3.8) is 0 Å². The normalized spacial score (nSPS) is 14.3. The van der Waals surface area contributed by atoms with E-state index >= 15 is 0 Å². The molecule has 37 heavy (non-hydrogen) atoms. The number of hydrogen-bond donors (Lipinski definition) is 0. The molecule has 0 spiro atoms. The molecule has 1 fully saturated rings. The highest BCUT2D eigenvalue weighted by Gasteiger charge is 2.52. The molecule has 1 aromatic carbocycles. The molecule has 0 unspecified atom stereocenters. The standard InChI is InChI=1S/C27H26N6O3S/c1-6-36-17(3)21-15-22-25(32-31-21)33(5)26(30-22)24-23(37(34,35)7-2)14-19(16-29-24)18-8-10-20(11-9-18)27(28-4)12-13-27/h8-11,14-16H,3,6-7,12-13H2,1-2,5H3. The van der Waals surface area contributed by atoms with Gasteiger partial charge in [-0.15, -0.1) is 10.2 Å². The number of sulfone groups is 1. The summed E-state index contributed by atoms with van der Waals surface area (Å²) in [6, 6.07) is 11.1. The van der Waals surface area contributed by atoms with Gasteiger partial charge in [0, 0.05) is 37.2 Å². The number of imidazole rings is 1. The van der Waals surface area contributed by atoms with E-state index in [4.69, 9.17) is 11.3 Å². The summed E-state index contributed by atoms with van der Waals surface area (Å²) in [5, 5.41) is 8.44. The van der Waals surface area contributed by atoms with E-state index in [2.05, 4.69) is 31.6 Å². The molecule has 0 N–H and O–H groups in total. The number of benzene rings is 1. The van der Waals surface area contributed by atoms with Gasteiger partial charge in [0.05, 0.1) is 17.3 Å². The first-order chi connectivity index (χ1) is 17.7. The maximum atomic E-state index is 13.2. The first kappa shape index (κ1) is 24.6. The molecule has 188 valence electrons. The second-order valence-electron chi connectivity index (χ2n) is 8.98. The average Bonchev–Trinajstić information content (AvgIpc) is 3.66. The summed E-state index contributed by atoms with van der Waals surface area (Å²) >= 11 is 0. The van der Waals surface area contributed by atoms with Crippen LogP contribution < -0.4 is 0 Å². The highest BCUT2D eigenvalue weighted by atomic mass is 32.2. The summed E-state index contributed by atoms with van der Waals surface area (Å²) in [5.41, 5.74) is 3.81. The van der Waals surface area contributed by atoms with Crippen LogP contribution in [0.5, 0.6) is 0 Å². The predicted molar refractivity (Wildman–Crippen MR) is 141 cm³/mol. The molecule has 3 aromatic heterocycles. The van der Waals surface area contributed by atoms with Crippen LogP contribution in [-0.4, -0.2) is 45.5 Å². The van der Waals surface area contributed by atoms with Crippen LogP contribution in [0.1, 0.15) is 37.9 Å². The van der Waals surface area contributed by atoms with Gasteiger partial charge in [-0.2, -0.15) is 0 Å². The molecular weight excluding hydrogens is 488 g/mol. The lowest BCUT2D eigenvalue weighted by molar-refractivity contribution is 0.297. The van der Waals surface area contributed by atoms with Crippen molar-refractivity contribution >= 4 is 26.8 Å². The Hall–Kier alpha value is -4.10. The zero-order chi connectivity index (χ0) is 26.4. The first-order valence-electron chi connectivity index (χ1n) is 12.0. The molecular formula is C27H26N6O3S. The second kappa shape index (κ2) is 9.09. The lowest BCUT2D eigenvalue weighted by Gasteiger charge is -2.12. The Morgan fingerprint density at radius 3 is 2.51 bits per heavy atom. The smallest absolute Gasteiger partial charge is 0.258 e. The number of aryl methyl sites for hydroxylation is 1. The van der Waals surface area contributed by atoms with E-state index in [0.29, 0.717) is 40.6 Å². The van der Waals surface area contributed by atoms with Crippen molar-refractivity contribution in [2.75, 3.05) is 12.4 Å². The molecule has 10 heteroatoms. The molecule has 0 amide bonds. The highest BCUT2D eigenvalue weighted by Crippen LogP contribution is 2.49. The van der Waals surface area contributed by atoms with Gasteiger partial charge in [0.1, 0.15) is 22.7 Å². The van der Waals surface area contributed by atoms with Gasteiger partial charge in [0.15, 0.2) is 21.3 Å². The third-order valence-corrected chi connectivity index (χ3v) is 8.44. The molecule has 4 aromatic rings. The highest BCUT2D eigenvalue weighted by molar-refractivity contribution is 7.91. The maximum absolute atomic E-state index is 13.2. The third kappa shape index (κ3) is 4.25. The van der Waals surface area contributed by atoms with Gasteiger partial charge >= 0.3 is 0 Å². The maximum Gasteiger partial charge on any atom is 0.258 e. The summed E-state index contributed by atoms with van der Waals surface area (Å²) < 4.78 is 33.5. The van der Waals surface area contributed by atoms with Crippen LogP contribution in [-0.2, 0) is 27.2 Å². The Balaban J connectivity index is 1.60. The number of nitrogens with zero attached hydrogens (tertiary/aromatic N) is 6. The molecule has 1 saturated carbocycles. The lowest BCUT2D eigenvalue weighted by Crippen LogP contribution is -2.09. The summed E-state index contributed by atoms with van der Waals surface area (Å²) in [6.45, 7) is 15.2. The van der Waals surface area contributed by atoms with Crippen LogP contribution in [0.2, 0.25) is 0 Å². The van der Waals surface area contributed by atoms with E-state index in [1.807, 2.05) is 31.2 Å². The fourth-order valence-corrected chi connectivity index (χ4v) is 5.36. The van der Waals surface area contributed by atoms with Crippen molar-refractivity contribution in [2.24, 2.45) is 7.05 Å². The van der Waals surface area contributed by atoms with Crippen LogP contribution in [0, 0.1) is 6.57 Å². The predicted octanol–water partition coefficient (Wildman–Crippen LogP) is 4.80. The minimum Gasteiger partial charge on any atom is -0.492 e. The van der Waals surface area contributed by atoms with E-state index in [-0.39, 0.29) is 16.3 Å².